The van der Waals surface area contributed by atoms with Crippen LogP contribution in [0.1, 0.15) is 175 Å². The monoisotopic (exact) mass is 420 g/mol. The molecular formula is C30H60. The number of hydrogen-bond acceptors (Lipinski definition) is 0. The molecule has 0 aromatic rings. The van der Waals surface area contributed by atoms with Crippen LogP contribution in [0.3, 0.4) is 0 Å². The third-order valence-corrected chi connectivity index (χ3v) is 6.76. The summed E-state index contributed by atoms with van der Waals surface area (Å²) < 4.78 is 0. The van der Waals surface area contributed by atoms with Crippen molar-refractivity contribution in [1.82, 2.24) is 0 Å². The summed E-state index contributed by atoms with van der Waals surface area (Å²) in [6.45, 7) is 7.04. The maximum Gasteiger partial charge on any atom is -0.0351 e. The summed E-state index contributed by atoms with van der Waals surface area (Å²) in [5, 5.41) is 0. The van der Waals surface area contributed by atoms with Gasteiger partial charge in [-0.15, -0.1) is 0 Å². The van der Waals surface area contributed by atoms with E-state index in [0.29, 0.717) is 0 Å². The number of rotatable bonds is 25. The van der Waals surface area contributed by atoms with Gasteiger partial charge in [0.15, 0.2) is 0 Å². The Morgan fingerprint density at radius 1 is 0.400 bits per heavy atom. The van der Waals surface area contributed by atoms with Gasteiger partial charge in [-0.1, -0.05) is 161 Å². The minimum atomic E-state index is 0.950. The molecule has 0 aliphatic rings. The summed E-state index contributed by atoms with van der Waals surface area (Å²) >= 11 is 0. The third kappa shape index (κ3) is 25.8. The topological polar surface area (TPSA) is 0 Å². The molecule has 0 radical (unpaired) electrons. The van der Waals surface area contributed by atoms with Gasteiger partial charge < -0.3 is 0 Å². The summed E-state index contributed by atoms with van der Waals surface area (Å²) in [7, 11) is 0. The fourth-order valence-corrected chi connectivity index (χ4v) is 4.50. The molecule has 0 fully saturated rings. The molecule has 0 aromatic heterocycles. The zero-order valence-corrected chi connectivity index (χ0v) is 21.7. The largest absolute Gasteiger partial charge is 0.0885 e. The zero-order valence-electron chi connectivity index (χ0n) is 21.7. The average molecular weight is 421 g/mol. The molecule has 0 heteroatoms. The van der Waals surface area contributed by atoms with Gasteiger partial charge in [0, 0.05) is 0 Å². The van der Waals surface area contributed by atoms with Gasteiger partial charge in [-0.25, -0.2) is 0 Å². The minimum Gasteiger partial charge on any atom is -0.0885 e. The van der Waals surface area contributed by atoms with Crippen molar-refractivity contribution in [3.05, 3.63) is 12.2 Å². The maximum absolute atomic E-state index is 2.45. The van der Waals surface area contributed by atoms with Crippen LogP contribution in [0, 0.1) is 5.92 Å². The second-order valence-electron chi connectivity index (χ2n) is 10.1. The second kappa shape index (κ2) is 26.8. The first-order valence-electron chi connectivity index (χ1n) is 14.5. The Hall–Kier alpha value is -0.260. The van der Waals surface area contributed by atoms with Gasteiger partial charge in [0.05, 0.1) is 0 Å². The first kappa shape index (κ1) is 29.7. The van der Waals surface area contributed by atoms with Gasteiger partial charge in [-0.3, -0.25) is 0 Å². The van der Waals surface area contributed by atoms with E-state index >= 15 is 0 Å². The minimum absolute atomic E-state index is 0.950. The van der Waals surface area contributed by atoms with Crippen molar-refractivity contribution in [1.29, 1.82) is 0 Å². The van der Waals surface area contributed by atoms with E-state index in [2.05, 4.69) is 32.9 Å². The fraction of sp³-hybridized carbons (Fsp3) is 0.933. The highest BCUT2D eigenvalue weighted by atomic mass is 14.1. The molecule has 0 bridgehead atoms. The summed E-state index contributed by atoms with van der Waals surface area (Å²) in [6, 6.07) is 0. The van der Waals surface area contributed by atoms with Crippen LogP contribution in [0.5, 0.6) is 0 Å². The van der Waals surface area contributed by atoms with Crippen molar-refractivity contribution in [3.8, 4) is 0 Å². The molecule has 1 unspecified atom stereocenters. The normalized spacial score (nSPS) is 12.8. The van der Waals surface area contributed by atoms with Crippen LogP contribution in [-0.2, 0) is 0 Å². The van der Waals surface area contributed by atoms with E-state index in [1.807, 2.05) is 0 Å². The number of unbranched alkanes of at least 4 members (excludes halogenated alkanes) is 19. The Labute approximate surface area is 193 Å². The summed E-state index contributed by atoms with van der Waals surface area (Å²) in [5.41, 5.74) is 0. The highest BCUT2D eigenvalue weighted by molar-refractivity contribution is 4.81. The Bertz CT molecular complexity index is 316. The molecule has 0 heterocycles. The lowest BCUT2D eigenvalue weighted by atomic mass is 9.97. The van der Waals surface area contributed by atoms with Gasteiger partial charge in [-0.05, 0) is 31.6 Å². The predicted octanol–water partition coefficient (Wildman–Crippen LogP) is 11.6. The Morgan fingerprint density at radius 3 is 1.17 bits per heavy atom. The van der Waals surface area contributed by atoms with E-state index in [0.717, 1.165) is 5.92 Å². The van der Waals surface area contributed by atoms with Gasteiger partial charge in [-0.2, -0.15) is 0 Å². The van der Waals surface area contributed by atoms with E-state index in [1.54, 1.807) is 0 Å². The van der Waals surface area contributed by atoms with Crippen molar-refractivity contribution >= 4 is 0 Å². The summed E-state index contributed by atoms with van der Waals surface area (Å²) in [5.74, 6) is 0.950. The first-order chi connectivity index (χ1) is 14.8. The summed E-state index contributed by atoms with van der Waals surface area (Å²) in [6.07, 6.45) is 39.3. The molecule has 0 N–H and O–H groups in total. The Morgan fingerprint density at radius 2 is 0.733 bits per heavy atom. The van der Waals surface area contributed by atoms with Crippen LogP contribution < -0.4 is 0 Å². The molecule has 180 valence electrons. The van der Waals surface area contributed by atoms with Crippen LogP contribution in [-0.4, -0.2) is 0 Å². The lowest BCUT2D eigenvalue weighted by molar-refractivity contribution is 0.446. The molecule has 0 rings (SSSR count). The fourth-order valence-electron chi connectivity index (χ4n) is 4.50. The molecule has 1 atom stereocenters. The van der Waals surface area contributed by atoms with E-state index in [4.69, 9.17) is 0 Å². The molecule has 0 aromatic carbocycles. The van der Waals surface area contributed by atoms with Crippen LogP contribution >= 0.6 is 0 Å². The molecule has 0 nitrogen and oxygen atoms in total. The van der Waals surface area contributed by atoms with Crippen molar-refractivity contribution in [2.24, 2.45) is 5.92 Å². The van der Waals surface area contributed by atoms with Crippen LogP contribution in [0.15, 0.2) is 12.2 Å². The molecule has 0 aliphatic carbocycles. The predicted molar refractivity (Wildman–Crippen MR) is 140 cm³/mol. The zero-order chi connectivity index (χ0) is 22.0. The average Bonchev–Trinajstić information content (AvgIpc) is 2.75. The third-order valence-electron chi connectivity index (χ3n) is 6.76. The molecule has 0 saturated heterocycles. The smallest absolute Gasteiger partial charge is 0.0351 e. The van der Waals surface area contributed by atoms with Crippen LogP contribution in [0.4, 0.5) is 0 Å². The van der Waals surface area contributed by atoms with Crippen molar-refractivity contribution in [2.75, 3.05) is 0 Å². The lowest BCUT2D eigenvalue weighted by Gasteiger charge is -2.09. The maximum atomic E-state index is 2.45. The second-order valence-corrected chi connectivity index (χ2v) is 10.1. The molecule has 30 heavy (non-hydrogen) atoms. The Kier molecular flexibility index (Phi) is 26.5. The first-order valence-corrected chi connectivity index (χ1v) is 14.5. The van der Waals surface area contributed by atoms with E-state index in [1.165, 1.54) is 154 Å². The molecule has 0 aliphatic heterocycles. The van der Waals surface area contributed by atoms with Crippen LogP contribution in [0.25, 0.3) is 0 Å². The number of hydrogen-bond donors (Lipinski definition) is 0. The van der Waals surface area contributed by atoms with E-state index in [9.17, 15) is 0 Å². The molecule has 0 spiro atoms. The van der Waals surface area contributed by atoms with Crippen molar-refractivity contribution in [2.45, 2.75) is 175 Å². The molecule has 0 saturated carbocycles. The van der Waals surface area contributed by atoms with Gasteiger partial charge in [0.1, 0.15) is 0 Å². The van der Waals surface area contributed by atoms with E-state index in [-0.39, 0.29) is 0 Å². The summed E-state index contributed by atoms with van der Waals surface area (Å²) in [4.78, 5) is 0. The molecule has 0 amide bonds. The highest BCUT2D eigenvalue weighted by Crippen LogP contribution is 2.17. The van der Waals surface area contributed by atoms with Gasteiger partial charge >= 0.3 is 0 Å². The molecular weight excluding hydrogens is 360 g/mol. The standard InChI is InChI=1S/C30H60/c1-4-6-8-9-10-11-12-13-14-15-16-17-18-19-20-21-22-23-24-25-26-27-29-30(3)28-7-5-2/h22-23,30H,4-21,24-29H2,1-3H3. The van der Waals surface area contributed by atoms with Gasteiger partial charge in [0.25, 0.3) is 0 Å². The number of allylic oxidation sites excluding steroid dienone is 2. The SMILES string of the molecule is CCCCCCCCCCCCCCCCCC=CCCCCCC(C)CCCC. The van der Waals surface area contributed by atoms with Crippen molar-refractivity contribution in [3.63, 3.8) is 0 Å². The highest BCUT2D eigenvalue weighted by Gasteiger charge is 2.00. The van der Waals surface area contributed by atoms with Crippen LogP contribution in [0.2, 0.25) is 0 Å². The quantitative estimate of drug-likeness (QED) is 0.102. The lowest BCUT2D eigenvalue weighted by Crippen LogP contribution is -1.94. The van der Waals surface area contributed by atoms with Gasteiger partial charge in [0.2, 0.25) is 0 Å². The van der Waals surface area contributed by atoms with E-state index < -0.39 is 0 Å². The van der Waals surface area contributed by atoms with Crippen molar-refractivity contribution < 1.29 is 0 Å². The Balaban J connectivity index is 3.12.